The minimum atomic E-state index is -4.15. The maximum absolute atomic E-state index is 13.4. The molecular formula is C23H18FNO5S. The van der Waals surface area contributed by atoms with Crippen LogP contribution >= 0.6 is 0 Å². The van der Waals surface area contributed by atoms with E-state index in [0.29, 0.717) is 5.56 Å². The number of fused-ring (bicyclic) bond motifs is 1. The number of rotatable bonds is 5. The molecule has 8 heteroatoms. The van der Waals surface area contributed by atoms with Gasteiger partial charge in [0.2, 0.25) is 10.0 Å². The predicted molar refractivity (Wildman–Crippen MR) is 111 cm³/mol. The highest BCUT2D eigenvalue weighted by molar-refractivity contribution is 7.89. The monoisotopic (exact) mass is 439 g/mol. The number of ketones is 1. The highest BCUT2D eigenvalue weighted by Gasteiger charge is 2.41. The number of halogens is 1. The van der Waals surface area contributed by atoms with Crippen LogP contribution in [0.2, 0.25) is 0 Å². The highest BCUT2D eigenvalue weighted by atomic mass is 32.2. The van der Waals surface area contributed by atoms with Crippen molar-refractivity contribution in [2.45, 2.75) is 23.9 Å². The molecule has 31 heavy (non-hydrogen) atoms. The van der Waals surface area contributed by atoms with Gasteiger partial charge in [0.1, 0.15) is 5.82 Å². The van der Waals surface area contributed by atoms with E-state index in [2.05, 4.69) is 0 Å². The van der Waals surface area contributed by atoms with Crippen LogP contribution in [0.4, 0.5) is 4.39 Å². The summed E-state index contributed by atoms with van der Waals surface area (Å²) in [4.78, 5) is 23.6. The Morgan fingerprint density at radius 3 is 2.00 bits per heavy atom. The van der Waals surface area contributed by atoms with Crippen LogP contribution in [-0.2, 0) is 32.6 Å². The van der Waals surface area contributed by atoms with E-state index in [-0.39, 0.29) is 23.7 Å². The number of aliphatic carboxylic acids is 1. The molecule has 0 aliphatic carbocycles. The number of carbonyl (C=O) groups is 2. The number of carbonyl (C=O) groups excluding carboxylic acids is 1. The highest BCUT2D eigenvalue weighted by Crippen LogP contribution is 2.30. The molecule has 4 rings (SSSR count). The van der Waals surface area contributed by atoms with E-state index in [9.17, 15) is 27.5 Å². The molecule has 1 atom stereocenters. The predicted octanol–water partition coefficient (Wildman–Crippen LogP) is 3.26. The van der Waals surface area contributed by atoms with Crippen LogP contribution in [0.25, 0.3) is 11.1 Å². The maximum atomic E-state index is 13.4. The van der Waals surface area contributed by atoms with E-state index in [1.54, 1.807) is 48.5 Å². The molecule has 6 nitrogen and oxygen atoms in total. The number of benzene rings is 3. The van der Waals surface area contributed by atoms with Crippen LogP contribution in [0.3, 0.4) is 0 Å². The first-order valence-electron chi connectivity index (χ1n) is 9.49. The van der Waals surface area contributed by atoms with Crippen LogP contribution in [0.5, 0.6) is 0 Å². The standard InChI is InChI=1S/C23H18FNO5S/c24-19-9-5-15(6-10-19)16-7-11-20(12-8-16)31(29,30)25-14-18-4-2-1-3-17(18)13-21(25)22(26)23(27)28/h1-12,21H,13-14H2,(H,27,28)/t21-/m1/s1. The summed E-state index contributed by atoms with van der Waals surface area (Å²) in [6.45, 7) is -0.0953. The molecule has 1 aliphatic rings. The summed E-state index contributed by atoms with van der Waals surface area (Å²) in [5, 5.41) is 9.22. The number of hydrogen-bond donors (Lipinski definition) is 1. The molecular weight excluding hydrogens is 421 g/mol. The van der Waals surface area contributed by atoms with Crippen molar-refractivity contribution >= 4 is 21.8 Å². The molecule has 0 spiro atoms. The molecule has 1 N–H and O–H groups in total. The Bertz CT molecular complexity index is 1250. The Kier molecular flexibility index (Phi) is 5.43. The second-order valence-corrected chi connectivity index (χ2v) is 9.13. The molecule has 0 saturated carbocycles. The number of Topliss-reactive ketones (excluding diaryl/α,β-unsaturated/α-hetero) is 1. The van der Waals surface area contributed by atoms with Crippen molar-refractivity contribution in [2.24, 2.45) is 0 Å². The van der Waals surface area contributed by atoms with Crippen molar-refractivity contribution in [1.29, 1.82) is 0 Å². The molecule has 0 bridgehead atoms. The van der Waals surface area contributed by atoms with E-state index >= 15 is 0 Å². The average Bonchev–Trinajstić information content (AvgIpc) is 2.78. The quantitative estimate of drug-likeness (QED) is 0.616. The van der Waals surface area contributed by atoms with Gasteiger partial charge in [0.05, 0.1) is 10.9 Å². The lowest BCUT2D eigenvalue weighted by molar-refractivity contribution is -0.151. The SMILES string of the molecule is O=C(O)C(=O)[C@H]1Cc2ccccc2CN1S(=O)(=O)c1ccc(-c2ccc(F)cc2)cc1. The minimum Gasteiger partial charge on any atom is -0.475 e. The van der Waals surface area contributed by atoms with Gasteiger partial charge in [-0.1, -0.05) is 48.5 Å². The largest absolute Gasteiger partial charge is 0.475 e. The molecule has 0 aromatic heterocycles. The second-order valence-electron chi connectivity index (χ2n) is 7.24. The third kappa shape index (κ3) is 3.99. The van der Waals surface area contributed by atoms with E-state index in [4.69, 9.17) is 0 Å². The van der Waals surface area contributed by atoms with Crippen LogP contribution in [0.1, 0.15) is 11.1 Å². The molecule has 1 heterocycles. The van der Waals surface area contributed by atoms with Crippen molar-refractivity contribution in [2.75, 3.05) is 0 Å². The Balaban J connectivity index is 1.71. The fourth-order valence-electron chi connectivity index (χ4n) is 3.71. The molecule has 3 aromatic carbocycles. The number of carboxylic acid groups (broad SMARTS) is 1. The van der Waals surface area contributed by atoms with Crippen LogP contribution < -0.4 is 0 Å². The molecule has 3 aromatic rings. The Morgan fingerprint density at radius 1 is 0.871 bits per heavy atom. The molecule has 0 saturated heterocycles. The van der Waals surface area contributed by atoms with E-state index in [1.807, 2.05) is 0 Å². The van der Waals surface area contributed by atoms with Gasteiger partial charge in [-0.15, -0.1) is 0 Å². The van der Waals surface area contributed by atoms with Gasteiger partial charge in [-0.05, 0) is 52.9 Å². The van der Waals surface area contributed by atoms with Crippen LogP contribution in [0, 0.1) is 5.82 Å². The lowest BCUT2D eigenvalue weighted by atomic mass is 9.94. The smallest absolute Gasteiger partial charge is 0.373 e. The second kappa shape index (κ2) is 8.05. The summed E-state index contributed by atoms with van der Waals surface area (Å²) < 4.78 is 40.8. The first kappa shape index (κ1) is 20.9. The molecule has 0 amide bonds. The fraction of sp³-hybridized carbons (Fsp3) is 0.130. The zero-order valence-electron chi connectivity index (χ0n) is 16.2. The Labute approximate surface area is 178 Å². The summed E-state index contributed by atoms with van der Waals surface area (Å²) in [5.41, 5.74) is 2.89. The van der Waals surface area contributed by atoms with Crippen molar-refractivity contribution in [3.63, 3.8) is 0 Å². The summed E-state index contributed by atoms with van der Waals surface area (Å²) in [6, 6.07) is 17.5. The van der Waals surface area contributed by atoms with Crippen LogP contribution in [0.15, 0.2) is 77.7 Å². The lowest BCUT2D eigenvalue weighted by Crippen LogP contribution is -2.50. The average molecular weight is 439 g/mol. The minimum absolute atomic E-state index is 0.00575. The molecule has 0 unspecified atom stereocenters. The summed E-state index contributed by atoms with van der Waals surface area (Å²) in [6.07, 6.45) is -0.00575. The van der Waals surface area contributed by atoms with Gasteiger partial charge in [0.25, 0.3) is 5.78 Å². The van der Waals surface area contributed by atoms with E-state index < -0.39 is 27.8 Å². The molecule has 0 radical (unpaired) electrons. The first-order chi connectivity index (χ1) is 14.8. The molecule has 0 fully saturated rings. The van der Waals surface area contributed by atoms with E-state index in [0.717, 1.165) is 21.0 Å². The Hall–Kier alpha value is -3.36. The maximum Gasteiger partial charge on any atom is 0.373 e. The van der Waals surface area contributed by atoms with Gasteiger partial charge in [-0.3, -0.25) is 4.79 Å². The van der Waals surface area contributed by atoms with Gasteiger partial charge >= 0.3 is 5.97 Å². The third-order valence-corrected chi connectivity index (χ3v) is 7.23. The normalized spacial score (nSPS) is 16.5. The van der Waals surface area contributed by atoms with E-state index in [1.165, 1.54) is 24.3 Å². The summed E-state index contributed by atoms with van der Waals surface area (Å²) >= 11 is 0. The zero-order valence-corrected chi connectivity index (χ0v) is 17.0. The lowest BCUT2D eigenvalue weighted by Gasteiger charge is -2.34. The van der Waals surface area contributed by atoms with Gasteiger partial charge < -0.3 is 5.11 Å². The fourth-order valence-corrected chi connectivity index (χ4v) is 5.28. The van der Waals surface area contributed by atoms with Gasteiger partial charge in [-0.2, -0.15) is 4.31 Å². The number of hydrogen-bond acceptors (Lipinski definition) is 4. The Morgan fingerprint density at radius 2 is 1.42 bits per heavy atom. The van der Waals surface area contributed by atoms with Crippen molar-refractivity contribution < 1.29 is 27.5 Å². The van der Waals surface area contributed by atoms with Crippen molar-refractivity contribution in [3.8, 4) is 11.1 Å². The first-order valence-corrected chi connectivity index (χ1v) is 10.9. The molecule has 1 aliphatic heterocycles. The topological polar surface area (TPSA) is 91.8 Å². The van der Waals surface area contributed by atoms with Gasteiger partial charge in [0, 0.05) is 6.54 Å². The number of nitrogens with zero attached hydrogens (tertiary/aromatic N) is 1. The summed E-state index contributed by atoms with van der Waals surface area (Å²) in [7, 11) is -4.15. The summed E-state index contributed by atoms with van der Waals surface area (Å²) in [5.74, 6) is -3.21. The van der Waals surface area contributed by atoms with Crippen molar-refractivity contribution in [1.82, 2.24) is 4.31 Å². The third-order valence-electron chi connectivity index (χ3n) is 5.36. The van der Waals surface area contributed by atoms with Gasteiger partial charge in [0.15, 0.2) is 0 Å². The zero-order chi connectivity index (χ0) is 22.2. The number of carboxylic acids is 1. The van der Waals surface area contributed by atoms with Gasteiger partial charge in [-0.25, -0.2) is 17.6 Å². The van der Waals surface area contributed by atoms with Crippen LogP contribution in [-0.4, -0.2) is 35.6 Å². The number of sulfonamides is 1. The molecule has 158 valence electrons. The van der Waals surface area contributed by atoms with Crippen molar-refractivity contribution in [3.05, 3.63) is 89.7 Å².